The predicted molar refractivity (Wildman–Crippen MR) is 70.9 cm³/mol. The third-order valence-corrected chi connectivity index (χ3v) is 2.80. The molecule has 18 heavy (non-hydrogen) atoms. The number of carbonyl (C=O) groups excluding carboxylic acids is 2. The van der Waals surface area contributed by atoms with E-state index in [1.807, 2.05) is 24.3 Å². The molecule has 2 N–H and O–H groups in total. The monoisotopic (exact) mass is 251 g/mol. The lowest BCUT2D eigenvalue weighted by Crippen LogP contribution is -2.51. The largest absolute Gasteiger partial charge is 0.347 e. The van der Waals surface area contributed by atoms with Crippen LogP contribution in [0.1, 0.15) is 6.42 Å². The first-order valence-corrected chi connectivity index (χ1v) is 6.04. The van der Waals surface area contributed by atoms with E-state index in [9.17, 15) is 9.59 Å². The van der Waals surface area contributed by atoms with Crippen LogP contribution in [0.15, 0.2) is 24.3 Å². The first-order chi connectivity index (χ1) is 8.56. The van der Waals surface area contributed by atoms with Crippen LogP contribution in [0.25, 0.3) is 0 Å². The van der Waals surface area contributed by atoms with Crippen molar-refractivity contribution < 1.29 is 9.59 Å². The highest BCUT2D eigenvalue weighted by Crippen LogP contribution is 2.17. The number of rotatable bonds is 5. The molecule has 1 rings (SSSR count). The first kappa shape index (κ1) is 14.4. The molecule has 0 saturated heterocycles. The van der Waals surface area contributed by atoms with Crippen LogP contribution in [0.3, 0.4) is 0 Å². The summed E-state index contributed by atoms with van der Waals surface area (Å²) in [5, 5.41) is 5.57. The zero-order valence-corrected chi connectivity index (χ0v) is 11.1. The van der Waals surface area contributed by atoms with Crippen molar-refractivity contribution in [1.29, 1.82) is 0 Å². The molecule has 100 valence electrons. The predicted octanol–water partition coefficient (Wildman–Crippen LogP) is -0.0889. The summed E-state index contributed by atoms with van der Waals surface area (Å²) >= 11 is 0. The zero-order valence-electron chi connectivity index (χ0n) is 11.1. The fraction of sp³-hybridized carbons (Fsp3) is 0.538. The van der Waals surface area contributed by atoms with E-state index >= 15 is 0 Å². The molecule has 0 aromatic heterocycles. The molecule has 0 fully saturated rings. The van der Waals surface area contributed by atoms with E-state index < -0.39 is 6.04 Å². The van der Waals surface area contributed by atoms with E-state index in [0.29, 0.717) is 0 Å². The molecule has 0 radical (unpaired) electrons. The molecule has 0 aromatic carbocycles. The Balaban J connectivity index is 2.74. The Morgan fingerprint density at radius 2 is 2.11 bits per heavy atom. The minimum absolute atomic E-state index is 0.0192. The lowest BCUT2D eigenvalue weighted by molar-refractivity contribution is -0.135. The van der Waals surface area contributed by atoms with Crippen LogP contribution in [0.2, 0.25) is 0 Å². The van der Waals surface area contributed by atoms with Crippen molar-refractivity contribution in [3.8, 4) is 0 Å². The first-order valence-electron chi connectivity index (χ1n) is 6.04. The van der Waals surface area contributed by atoms with Crippen LogP contribution in [-0.2, 0) is 9.59 Å². The van der Waals surface area contributed by atoms with Crippen LogP contribution < -0.4 is 10.6 Å². The van der Waals surface area contributed by atoms with Gasteiger partial charge in [-0.2, -0.15) is 0 Å². The Bertz CT molecular complexity index is 361. The topological polar surface area (TPSA) is 61.4 Å². The second kappa shape index (κ2) is 6.96. The van der Waals surface area contributed by atoms with Crippen molar-refractivity contribution >= 4 is 11.8 Å². The second-order valence-electron chi connectivity index (χ2n) is 4.52. The number of hydrogen-bond acceptors (Lipinski definition) is 3. The number of likely N-dealkylation sites (N-methyl/N-ethyl adjacent to an activating group) is 2. The van der Waals surface area contributed by atoms with Gasteiger partial charge in [0.1, 0.15) is 6.04 Å². The van der Waals surface area contributed by atoms with E-state index in [-0.39, 0.29) is 24.3 Å². The average molecular weight is 251 g/mol. The molecule has 0 saturated carbocycles. The summed E-state index contributed by atoms with van der Waals surface area (Å²) in [4.78, 5) is 25.3. The number of allylic oxidation sites excluding steroid dienone is 3. The molecule has 0 aromatic rings. The Morgan fingerprint density at radius 1 is 1.39 bits per heavy atom. The van der Waals surface area contributed by atoms with E-state index in [2.05, 4.69) is 10.6 Å². The van der Waals surface area contributed by atoms with Crippen LogP contribution >= 0.6 is 0 Å². The molecule has 1 aliphatic rings. The molecule has 0 bridgehead atoms. The SMILES string of the molecule is CNCC(=O)NC(C(=O)N(C)C)C1C=CC=CC1. The molecule has 2 atom stereocenters. The van der Waals surface area contributed by atoms with E-state index in [0.717, 1.165) is 6.42 Å². The van der Waals surface area contributed by atoms with Gasteiger partial charge in [0, 0.05) is 20.0 Å². The lowest BCUT2D eigenvalue weighted by atomic mass is 9.91. The fourth-order valence-corrected chi connectivity index (χ4v) is 1.86. The Labute approximate surface area is 108 Å². The Morgan fingerprint density at radius 3 is 2.61 bits per heavy atom. The molecule has 2 unspecified atom stereocenters. The number of nitrogens with zero attached hydrogens (tertiary/aromatic N) is 1. The third kappa shape index (κ3) is 4.00. The van der Waals surface area contributed by atoms with Gasteiger partial charge in [-0.05, 0) is 13.5 Å². The minimum Gasteiger partial charge on any atom is -0.347 e. The van der Waals surface area contributed by atoms with Crippen molar-refractivity contribution in [2.24, 2.45) is 5.92 Å². The Hall–Kier alpha value is -1.62. The van der Waals surface area contributed by atoms with E-state index in [1.165, 1.54) is 4.90 Å². The maximum Gasteiger partial charge on any atom is 0.245 e. The summed E-state index contributed by atoms with van der Waals surface area (Å²) in [5.41, 5.74) is 0. The standard InChI is InChI=1S/C13H21N3O2/c1-14-9-11(17)15-12(13(18)16(2)3)10-7-5-4-6-8-10/h4-7,10,12,14H,8-9H2,1-3H3,(H,15,17). The molecule has 5 nitrogen and oxygen atoms in total. The van der Waals surface area contributed by atoms with E-state index in [4.69, 9.17) is 0 Å². The fourth-order valence-electron chi connectivity index (χ4n) is 1.86. The number of carbonyl (C=O) groups is 2. The van der Waals surface area contributed by atoms with Gasteiger partial charge in [0.2, 0.25) is 11.8 Å². The summed E-state index contributed by atoms with van der Waals surface area (Å²) < 4.78 is 0. The van der Waals surface area contributed by atoms with Gasteiger partial charge in [0.05, 0.1) is 6.54 Å². The molecule has 0 spiro atoms. The van der Waals surface area contributed by atoms with Crippen molar-refractivity contribution in [3.63, 3.8) is 0 Å². The molecule has 1 aliphatic carbocycles. The van der Waals surface area contributed by atoms with Gasteiger partial charge in [0.15, 0.2) is 0 Å². The number of nitrogens with one attached hydrogen (secondary N) is 2. The maximum absolute atomic E-state index is 12.1. The van der Waals surface area contributed by atoms with Gasteiger partial charge >= 0.3 is 0 Å². The molecular formula is C13H21N3O2. The maximum atomic E-state index is 12.1. The number of amides is 2. The van der Waals surface area contributed by atoms with Gasteiger partial charge in [0.25, 0.3) is 0 Å². The average Bonchev–Trinajstić information content (AvgIpc) is 2.36. The van der Waals surface area contributed by atoms with Crippen molar-refractivity contribution in [3.05, 3.63) is 24.3 Å². The highest BCUT2D eigenvalue weighted by atomic mass is 16.2. The quantitative estimate of drug-likeness (QED) is 0.718. The Kier molecular flexibility index (Phi) is 5.58. The summed E-state index contributed by atoms with van der Waals surface area (Å²) in [6, 6.07) is -0.498. The van der Waals surface area contributed by atoms with E-state index in [1.54, 1.807) is 21.1 Å². The third-order valence-electron chi connectivity index (χ3n) is 2.80. The lowest BCUT2D eigenvalue weighted by Gasteiger charge is -2.27. The second-order valence-corrected chi connectivity index (χ2v) is 4.52. The normalized spacial score (nSPS) is 19.4. The molecular weight excluding hydrogens is 230 g/mol. The summed E-state index contributed by atoms with van der Waals surface area (Å²) in [6.45, 7) is 0.212. The number of hydrogen-bond donors (Lipinski definition) is 2. The minimum atomic E-state index is -0.498. The highest BCUT2D eigenvalue weighted by molar-refractivity contribution is 5.88. The van der Waals surface area contributed by atoms with Crippen molar-refractivity contribution in [1.82, 2.24) is 15.5 Å². The smallest absolute Gasteiger partial charge is 0.245 e. The van der Waals surface area contributed by atoms with Crippen LogP contribution in [0.5, 0.6) is 0 Å². The van der Waals surface area contributed by atoms with Crippen molar-refractivity contribution in [2.45, 2.75) is 12.5 Å². The van der Waals surface area contributed by atoms with Gasteiger partial charge in [-0.3, -0.25) is 9.59 Å². The van der Waals surface area contributed by atoms with Crippen LogP contribution in [0, 0.1) is 5.92 Å². The van der Waals surface area contributed by atoms with Crippen LogP contribution in [-0.4, -0.2) is 50.4 Å². The summed E-state index contributed by atoms with van der Waals surface area (Å²) in [5.74, 6) is -0.226. The molecule has 0 heterocycles. The van der Waals surface area contributed by atoms with Crippen LogP contribution in [0.4, 0.5) is 0 Å². The highest BCUT2D eigenvalue weighted by Gasteiger charge is 2.29. The van der Waals surface area contributed by atoms with Gasteiger partial charge < -0.3 is 15.5 Å². The van der Waals surface area contributed by atoms with Gasteiger partial charge in [-0.1, -0.05) is 24.3 Å². The summed E-state index contributed by atoms with van der Waals surface area (Å²) in [7, 11) is 5.09. The molecule has 0 aliphatic heterocycles. The summed E-state index contributed by atoms with van der Waals surface area (Å²) in [6.07, 6.45) is 8.59. The molecule has 2 amide bonds. The van der Waals surface area contributed by atoms with Crippen molar-refractivity contribution in [2.75, 3.05) is 27.7 Å². The zero-order chi connectivity index (χ0) is 13.5. The van der Waals surface area contributed by atoms with Gasteiger partial charge in [-0.25, -0.2) is 0 Å². The van der Waals surface area contributed by atoms with Gasteiger partial charge in [-0.15, -0.1) is 0 Å². The molecule has 5 heteroatoms.